The van der Waals surface area contributed by atoms with E-state index in [9.17, 15) is 0 Å². The maximum Gasteiger partial charge on any atom is 0.0621 e. The molecule has 0 aliphatic carbocycles. The van der Waals surface area contributed by atoms with Gasteiger partial charge in [-0.3, -0.25) is 4.90 Å². The summed E-state index contributed by atoms with van der Waals surface area (Å²) in [5.74, 6) is 0.500. The number of thiophene rings is 1. The second-order valence-electron chi connectivity index (χ2n) is 4.37. The smallest absolute Gasteiger partial charge is 0.0621 e. The van der Waals surface area contributed by atoms with E-state index >= 15 is 0 Å². The van der Waals surface area contributed by atoms with Gasteiger partial charge in [-0.05, 0) is 18.0 Å². The summed E-state index contributed by atoms with van der Waals surface area (Å²) in [6.07, 6.45) is 0. The van der Waals surface area contributed by atoms with Crippen LogP contribution >= 0.6 is 11.3 Å². The van der Waals surface area contributed by atoms with Gasteiger partial charge >= 0.3 is 0 Å². The zero-order valence-corrected chi connectivity index (χ0v) is 10.6. The molecule has 1 fully saturated rings. The second kappa shape index (κ2) is 5.77. The first-order valence-electron chi connectivity index (χ1n) is 5.87. The monoisotopic (exact) mass is 240 g/mol. The molecule has 16 heavy (non-hydrogen) atoms. The van der Waals surface area contributed by atoms with Crippen LogP contribution < -0.4 is 5.73 Å². The topological polar surface area (TPSA) is 38.5 Å². The highest BCUT2D eigenvalue weighted by atomic mass is 32.1. The van der Waals surface area contributed by atoms with Crippen molar-refractivity contribution in [2.75, 3.05) is 26.3 Å². The van der Waals surface area contributed by atoms with Crippen molar-refractivity contribution in [1.82, 2.24) is 4.90 Å². The molecule has 1 aromatic heterocycles. The summed E-state index contributed by atoms with van der Waals surface area (Å²) < 4.78 is 5.40. The normalized spacial score (nSPS) is 25.4. The summed E-state index contributed by atoms with van der Waals surface area (Å²) in [5, 5.41) is 2.13. The Balaban J connectivity index is 1.85. The Bertz CT molecular complexity index is 302. The number of hydrogen-bond acceptors (Lipinski definition) is 4. The van der Waals surface area contributed by atoms with Crippen LogP contribution in [0.15, 0.2) is 17.5 Å². The number of rotatable bonds is 5. The Hall–Kier alpha value is -0.420. The van der Waals surface area contributed by atoms with Crippen LogP contribution in [0.2, 0.25) is 0 Å². The number of nitrogens with zero attached hydrogens (tertiary/aromatic N) is 1. The summed E-state index contributed by atoms with van der Waals surface area (Å²) in [7, 11) is 0. The Kier molecular flexibility index (Phi) is 4.35. The fourth-order valence-corrected chi connectivity index (χ4v) is 2.81. The lowest BCUT2D eigenvalue weighted by Gasteiger charge is -2.24. The standard InChI is InChI=1S/C12H20N2OS/c1-2-14(7-11-4-3-5-16-11)6-10-8-15-9-12(10)13/h3-5,10,12H,2,6-9,13H2,1H3. The Morgan fingerprint density at radius 2 is 2.44 bits per heavy atom. The summed E-state index contributed by atoms with van der Waals surface area (Å²) >= 11 is 1.82. The van der Waals surface area contributed by atoms with E-state index in [1.807, 2.05) is 11.3 Å². The third-order valence-electron chi connectivity index (χ3n) is 3.15. The summed E-state index contributed by atoms with van der Waals surface area (Å²) in [5.41, 5.74) is 6.01. The predicted octanol–water partition coefficient (Wildman–Crippen LogP) is 1.54. The van der Waals surface area contributed by atoms with Gasteiger partial charge in [0.25, 0.3) is 0 Å². The van der Waals surface area contributed by atoms with Gasteiger partial charge in [0, 0.05) is 29.9 Å². The van der Waals surface area contributed by atoms with E-state index in [1.54, 1.807) is 0 Å². The van der Waals surface area contributed by atoms with Crippen molar-refractivity contribution >= 4 is 11.3 Å². The van der Waals surface area contributed by atoms with Crippen molar-refractivity contribution in [3.8, 4) is 0 Å². The van der Waals surface area contributed by atoms with Crippen LogP contribution in [0.3, 0.4) is 0 Å². The molecule has 4 heteroatoms. The van der Waals surface area contributed by atoms with Gasteiger partial charge in [0.05, 0.1) is 13.2 Å². The molecule has 1 aromatic rings. The molecule has 0 radical (unpaired) electrons. The van der Waals surface area contributed by atoms with Crippen molar-refractivity contribution < 1.29 is 4.74 Å². The molecule has 2 N–H and O–H groups in total. The molecule has 1 aliphatic rings. The summed E-state index contributed by atoms with van der Waals surface area (Å²) in [4.78, 5) is 3.87. The first-order chi connectivity index (χ1) is 7.79. The molecule has 0 bridgehead atoms. The fraction of sp³-hybridized carbons (Fsp3) is 0.667. The lowest BCUT2D eigenvalue weighted by Crippen LogP contribution is -2.38. The molecule has 1 aliphatic heterocycles. The van der Waals surface area contributed by atoms with Gasteiger partial charge < -0.3 is 10.5 Å². The molecule has 2 heterocycles. The first-order valence-corrected chi connectivity index (χ1v) is 6.75. The van der Waals surface area contributed by atoms with Crippen molar-refractivity contribution in [1.29, 1.82) is 0 Å². The minimum Gasteiger partial charge on any atom is -0.379 e. The Morgan fingerprint density at radius 1 is 1.56 bits per heavy atom. The van der Waals surface area contributed by atoms with E-state index in [0.717, 1.165) is 32.8 Å². The van der Waals surface area contributed by atoms with Crippen molar-refractivity contribution in [3.63, 3.8) is 0 Å². The minimum atomic E-state index is 0.220. The van der Waals surface area contributed by atoms with E-state index in [0.29, 0.717) is 5.92 Å². The number of hydrogen-bond donors (Lipinski definition) is 1. The molecule has 0 amide bonds. The molecular formula is C12H20N2OS. The zero-order chi connectivity index (χ0) is 11.4. The van der Waals surface area contributed by atoms with Gasteiger partial charge in [-0.15, -0.1) is 11.3 Å². The van der Waals surface area contributed by atoms with Gasteiger partial charge in [0.15, 0.2) is 0 Å². The van der Waals surface area contributed by atoms with Crippen LogP contribution in [-0.2, 0) is 11.3 Å². The van der Waals surface area contributed by atoms with E-state index in [4.69, 9.17) is 10.5 Å². The summed E-state index contributed by atoms with van der Waals surface area (Å²) in [6.45, 7) is 6.91. The number of ether oxygens (including phenoxy) is 1. The highest BCUT2D eigenvalue weighted by molar-refractivity contribution is 7.09. The van der Waals surface area contributed by atoms with E-state index < -0.39 is 0 Å². The van der Waals surface area contributed by atoms with E-state index in [2.05, 4.69) is 29.3 Å². The third kappa shape index (κ3) is 3.04. The van der Waals surface area contributed by atoms with Crippen molar-refractivity contribution in [2.24, 2.45) is 11.7 Å². The van der Waals surface area contributed by atoms with Gasteiger partial charge in [0.2, 0.25) is 0 Å². The molecular weight excluding hydrogens is 220 g/mol. The van der Waals surface area contributed by atoms with Gasteiger partial charge in [-0.1, -0.05) is 13.0 Å². The lowest BCUT2D eigenvalue weighted by atomic mass is 10.0. The second-order valence-corrected chi connectivity index (χ2v) is 5.40. The maximum absolute atomic E-state index is 6.01. The summed E-state index contributed by atoms with van der Waals surface area (Å²) in [6, 6.07) is 4.52. The van der Waals surface area contributed by atoms with E-state index in [-0.39, 0.29) is 6.04 Å². The Labute approximate surface area is 101 Å². The van der Waals surface area contributed by atoms with Crippen LogP contribution in [0.5, 0.6) is 0 Å². The minimum absolute atomic E-state index is 0.220. The van der Waals surface area contributed by atoms with Crippen LogP contribution in [0.4, 0.5) is 0 Å². The van der Waals surface area contributed by atoms with Gasteiger partial charge in [-0.2, -0.15) is 0 Å². The molecule has 0 aromatic carbocycles. The fourth-order valence-electron chi connectivity index (χ4n) is 2.06. The van der Waals surface area contributed by atoms with Gasteiger partial charge in [-0.25, -0.2) is 0 Å². The predicted molar refractivity (Wildman–Crippen MR) is 67.6 cm³/mol. The number of nitrogens with two attached hydrogens (primary N) is 1. The zero-order valence-electron chi connectivity index (χ0n) is 9.76. The molecule has 0 spiro atoms. The molecule has 3 nitrogen and oxygen atoms in total. The maximum atomic E-state index is 6.01. The SMILES string of the molecule is CCN(Cc1cccs1)CC1COCC1N. The van der Waals surface area contributed by atoms with Crippen molar-refractivity contribution in [2.45, 2.75) is 19.5 Å². The Morgan fingerprint density at radius 3 is 3.00 bits per heavy atom. The molecule has 2 rings (SSSR count). The van der Waals surface area contributed by atoms with Crippen LogP contribution in [0, 0.1) is 5.92 Å². The van der Waals surface area contributed by atoms with Gasteiger partial charge in [0.1, 0.15) is 0 Å². The van der Waals surface area contributed by atoms with Crippen LogP contribution in [0.1, 0.15) is 11.8 Å². The van der Waals surface area contributed by atoms with Crippen molar-refractivity contribution in [3.05, 3.63) is 22.4 Å². The van der Waals surface area contributed by atoms with Crippen LogP contribution in [0.25, 0.3) is 0 Å². The van der Waals surface area contributed by atoms with E-state index in [1.165, 1.54) is 4.88 Å². The average molecular weight is 240 g/mol. The molecule has 2 unspecified atom stereocenters. The quantitative estimate of drug-likeness (QED) is 0.848. The highest BCUT2D eigenvalue weighted by Gasteiger charge is 2.26. The first kappa shape index (κ1) is 12.0. The largest absolute Gasteiger partial charge is 0.379 e. The highest BCUT2D eigenvalue weighted by Crippen LogP contribution is 2.17. The molecule has 90 valence electrons. The average Bonchev–Trinajstić information content (AvgIpc) is 2.90. The van der Waals surface area contributed by atoms with Crippen LogP contribution in [-0.4, -0.2) is 37.2 Å². The third-order valence-corrected chi connectivity index (χ3v) is 4.01. The molecule has 0 saturated carbocycles. The molecule has 1 saturated heterocycles. The lowest BCUT2D eigenvalue weighted by molar-refractivity contribution is 0.167. The molecule has 2 atom stereocenters.